The highest BCUT2D eigenvalue weighted by atomic mass is 32.2. The molecule has 0 amide bonds. The van der Waals surface area contributed by atoms with Gasteiger partial charge in [0.15, 0.2) is 0 Å². The normalized spacial score (nSPS) is 17.8. The number of nitrogens with zero attached hydrogens (tertiary/aromatic N) is 4. The highest BCUT2D eigenvalue weighted by Gasteiger charge is 2.46. The Balaban J connectivity index is 1.51. The van der Waals surface area contributed by atoms with E-state index >= 15 is 0 Å². The van der Waals surface area contributed by atoms with Crippen molar-refractivity contribution in [2.24, 2.45) is 0 Å². The van der Waals surface area contributed by atoms with E-state index in [4.69, 9.17) is 0 Å². The number of benzene rings is 1. The van der Waals surface area contributed by atoms with Crippen LogP contribution in [0.25, 0.3) is 11.0 Å². The van der Waals surface area contributed by atoms with Gasteiger partial charge in [0.2, 0.25) is 0 Å². The maximum absolute atomic E-state index is 12.7. The number of aromatic amines is 1. The molecule has 11 heteroatoms. The standard InChI is InChI=1S/C18H18F3N5O2S/c1-25(12-2-4-14(5-3-12)29(27,28)18(19,20)21)13-7-9-26(10-13)17-15-6-8-22-16(15)23-11-24-17/h2-6,8,11,13H,7,9-10H2,1H3,(H,22,23,24)/t13-/m1/s1. The van der Waals surface area contributed by atoms with Gasteiger partial charge in [-0.05, 0) is 36.8 Å². The highest BCUT2D eigenvalue weighted by Crippen LogP contribution is 2.32. The van der Waals surface area contributed by atoms with Gasteiger partial charge in [-0.1, -0.05) is 0 Å². The number of hydrogen-bond donors (Lipinski definition) is 1. The Hall–Kier alpha value is -2.82. The van der Waals surface area contributed by atoms with E-state index in [2.05, 4.69) is 19.9 Å². The van der Waals surface area contributed by atoms with Crippen LogP contribution in [0.2, 0.25) is 0 Å². The third-order valence-electron chi connectivity index (χ3n) is 5.20. The van der Waals surface area contributed by atoms with Crippen molar-refractivity contribution in [3.63, 3.8) is 0 Å². The van der Waals surface area contributed by atoms with E-state index in [1.54, 1.807) is 6.20 Å². The van der Waals surface area contributed by atoms with Gasteiger partial charge in [0.25, 0.3) is 9.84 Å². The number of hydrogen-bond acceptors (Lipinski definition) is 6. The van der Waals surface area contributed by atoms with Gasteiger partial charge in [-0.15, -0.1) is 0 Å². The summed E-state index contributed by atoms with van der Waals surface area (Å²) in [6, 6.07) is 6.81. The first-order valence-corrected chi connectivity index (χ1v) is 10.3. The third-order valence-corrected chi connectivity index (χ3v) is 6.70. The number of likely N-dealkylation sites (N-methyl/N-ethyl adjacent to an activating group) is 1. The molecule has 7 nitrogen and oxygen atoms in total. The summed E-state index contributed by atoms with van der Waals surface area (Å²) < 4.78 is 61.1. The van der Waals surface area contributed by atoms with Crippen LogP contribution in [-0.4, -0.2) is 55.1 Å². The monoisotopic (exact) mass is 425 g/mol. The van der Waals surface area contributed by atoms with E-state index in [0.717, 1.165) is 41.9 Å². The van der Waals surface area contributed by atoms with Crippen molar-refractivity contribution in [3.05, 3.63) is 42.9 Å². The fraction of sp³-hybridized carbons (Fsp3) is 0.333. The lowest BCUT2D eigenvalue weighted by molar-refractivity contribution is -0.0436. The van der Waals surface area contributed by atoms with Gasteiger partial charge < -0.3 is 14.8 Å². The van der Waals surface area contributed by atoms with Crippen molar-refractivity contribution in [3.8, 4) is 0 Å². The fourth-order valence-corrected chi connectivity index (χ4v) is 4.33. The van der Waals surface area contributed by atoms with Crippen molar-refractivity contribution >= 4 is 32.4 Å². The number of alkyl halides is 3. The molecule has 154 valence electrons. The number of aromatic nitrogens is 3. The molecule has 4 rings (SSSR count). The average Bonchev–Trinajstić information content (AvgIpc) is 3.36. The minimum absolute atomic E-state index is 0.101. The zero-order valence-corrected chi connectivity index (χ0v) is 16.2. The lowest BCUT2D eigenvalue weighted by Crippen LogP contribution is -2.34. The minimum atomic E-state index is -5.34. The molecule has 3 heterocycles. The summed E-state index contributed by atoms with van der Waals surface area (Å²) in [7, 11) is -3.50. The maximum Gasteiger partial charge on any atom is 0.501 e. The second-order valence-electron chi connectivity index (χ2n) is 6.88. The molecule has 0 radical (unpaired) electrons. The first kappa shape index (κ1) is 19.5. The van der Waals surface area contributed by atoms with E-state index < -0.39 is 20.2 Å². The van der Waals surface area contributed by atoms with Crippen LogP contribution in [0.15, 0.2) is 47.8 Å². The molecule has 1 aliphatic rings. The van der Waals surface area contributed by atoms with Gasteiger partial charge in [-0.25, -0.2) is 18.4 Å². The number of halogens is 3. The van der Waals surface area contributed by atoms with Crippen LogP contribution < -0.4 is 9.80 Å². The van der Waals surface area contributed by atoms with Crippen molar-refractivity contribution in [2.75, 3.05) is 29.9 Å². The molecular weight excluding hydrogens is 407 g/mol. The van der Waals surface area contributed by atoms with Gasteiger partial charge in [0.1, 0.15) is 17.8 Å². The smallest absolute Gasteiger partial charge is 0.370 e. The van der Waals surface area contributed by atoms with Crippen LogP contribution in [0, 0.1) is 0 Å². The number of H-pyrrole nitrogens is 1. The van der Waals surface area contributed by atoms with Crippen LogP contribution in [-0.2, 0) is 9.84 Å². The highest BCUT2D eigenvalue weighted by molar-refractivity contribution is 7.92. The quantitative estimate of drug-likeness (QED) is 0.692. The minimum Gasteiger partial charge on any atom is -0.370 e. The van der Waals surface area contributed by atoms with Crippen molar-refractivity contribution in [1.29, 1.82) is 0 Å². The Morgan fingerprint density at radius 2 is 1.90 bits per heavy atom. The Labute approximate surface area is 165 Å². The van der Waals surface area contributed by atoms with Gasteiger partial charge in [-0.2, -0.15) is 13.2 Å². The summed E-state index contributed by atoms with van der Waals surface area (Å²) in [5.41, 5.74) is -3.91. The predicted octanol–water partition coefficient (Wildman–Crippen LogP) is 2.97. The Morgan fingerprint density at radius 1 is 1.17 bits per heavy atom. The molecule has 0 spiro atoms. The number of rotatable bonds is 4. The van der Waals surface area contributed by atoms with Crippen molar-refractivity contribution in [1.82, 2.24) is 15.0 Å². The molecule has 3 aromatic rings. The molecule has 0 saturated carbocycles. The van der Waals surface area contributed by atoms with Crippen LogP contribution >= 0.6 is 0 Å². The molecule has 0 bridgehead atoms. The average molecular weight is 425 g/mol. The fourth-order valence-electron chi connectivity index (χ4n) is 3.57. The largest absolute Gasteiger partial charge is 0.501 e. The summed E-state index contributed by atoms with van der Waals surface area (Å²) in [5.74, 6) is 0.832. The second kappa shape index (κ2) is 6.90. The van der Waals surface area contributed by atoms with Crippen molar-refractivity contribution in [2.45, 2.75) is 22.9 Å². The number of nitrogens with one attached hydrogen (secondary N) is 1. The Bertz CT molecular complexity index is 1130. The van der Waals surface area contributed by atoms with Crippen LogP contribution in [0.5, 0.6) is 0 Å². The zero-order valence-electron chi connectivity index (χ0n) is 15.4. The first-order valence-electron chi connectivity index (χ1n) is 8.86. The van der Waals surface area contributed by atoms with E-state index in [0.29, 0.717) is 12.2 Å². The van der Waals surface area contributed by atoms with Gasteiger partial charge in [-0.3, -0.25) is 0 Å². The predicted molar refractivity (Wildman–Crippen MR) is 103 cm³/mol. The van der Waals surface area contributed by atoms with E-state index in [9.17, 15) is 21.6 Å². The molecule has 2 aromatic heterocycles. The number of fused-ring (bicyclic) bond motifs is 1. The Kier molecular flexibility index (Phi) is 4.64. The molecule has 1 aliphatic heterocycles. The van der Waals surface area contributed by atoms with E-state index in [1.807, 2.05) is 18.0 Å². The molecule has 1 fully saturated rings. The molecule has 1 saturated heterocycles. The molecular formula is C18H18F3N5O2S. The summed E-state index contributed by atoms with van der Waals surface area (Å²) in [4.78, 5) is 15.0. The lowest BCUT2D eigenvalue weighted by atomic mass is 10.2. The molecule has 29 heavy (non-hydrogen) atoms. The summed E-state index contributed by atoms with van der Waals surface area (Å²) >= 11 is 0. The van der Waals surface area contributed by atoms with Gasteiger partial charge >= 0.3 is 5.51 Å². The zero-order chi connectivity index (χ0) is 20.8. The SMILES string of the molecule is CN(c1ccc(S(=O)(=O)C(F)(F)F)cc1)[C@@H]1CCN(c2ncnc3[nH]ccc23)C1. The van der Waals surface area contributed by atoms with E-state index in [1.165, 1.54) is 18.5 Å². The van der Waals surface area contributed by atoms with Crippen LogP contribution in [0.3, 0.4) is 0 Å². The lowest BCUT2D eigenvalue weighted by Gasteiger charge is -2.27. The second-order valence-corrected chi connectivity index (χ2v) is 8.82. The van der Waals surface area contributed by atoms with Crippen molar-refractivity contribution < 1.29 is 21.6 Å². The van der Waals surface area contributed by atoms with Gasteiger partial charge in [0.05, 0.1) is 10.3 Å². The Morgan fingerprint density at radius 3 is 2.59 bits per heavy atom. The summed E-state index contributed by atoms with van der Waals surface area (Å²) in [6.45, 7) is 1.45. The molecule has 1 aromatic carbocycles. The number of sulfone groups is 1. The van der Waals surface area contributed by atoms with Crippen LogP contribution in [0.1, 0.15) is 6.42 Å². The van der Waals surface area contributed by atoms with E-state index in [-0.39, 0.29) is 6.04 Å². The maximum atomic E-state index is 12.7. The molecule has 1 atom stereocenters. The van der Waals surface area contributed by atoms with Gasteiger partial charge in [0, 0.05) is 38.1 Å². The molecule has 0 aliphatic carbocycles. The topological polar surface area (TPSA) is 82.2 Å². The third kappa shape index (κ3) is 3.39. The summed E-state index contributed by atoms with van der Waals surface area (Å²) in [6.07, 6.45) is 4.14. The summed E-state index contributed by atoms with van der Waals surface area (Å²) in [5, 5.41) is 0.928. The van der Waals surface area contributed by atoms with Crippen LogP contribution in [0.4, 0.5) is 24.7 Å². The first-order chi connectivity index (χ1) is 13.7. The number of anilines is 2. The molecule has 0 unspecified atom stereocenters. The molecule has 1 N–H and O–H groups in total.